The second kappa shape index (κ2) is 7.06. The van der Waals surface area contributed by atoms with Crippen molar-refractivity contribution in [3.05, 3.63) is 59.9 Å². The average molecular weight is 369 g/mol. The molecule has 1 spiro atoms. The minimum atomic E-state index is -0.646. The zero-order chi connectivity index (χ0) is 19.0. The number of amides is 1. The third-order valence-corrected chi connectivity index (χ3v) is 6.13. The van der Waals surface area contributed by atoms with Gasteiger partial charge in [-0.15, -0.1) is 0 Å². The smallest absolute Gasteiger partial charge is 0.228 e. The van der Waals surface area contributed by atoms with Crippen molar-refractivity contribution in [3.63, 3.8) is 0 Å². The summed E-state index contributed by atoms with van der Waals surface area (Å²) in [5, 5.41) is 0. The molecule has 4 heteroatoms. The molecule has 1 saturated heterocycles. The normalized spacial score (nSPS) is 21.4. The van der Waals surface area contributed by atoms with Gasteiger partial charge in [0.05, 0.1) is 5.92 Å². The van der Waals surface area contributed by atoms with Gasteiger partial charge >= 0.3 is 0 Å². The lowest BCUT2D eigenvalue weighted by Crippen LogP contribution is -2.40. The third-order valence-electron chi connectivity index (χ3n) is 6.13. The number of hydrogen-bond acceptors (Lipinski definition) is 1. The molecule has 0 aromatic heterocycles. The lowest BCUT2D eigenvalue weighted by atomic mass is 9.95. The van der Waals surface area contributed by atoms with E-state index in [2.05, 4.69) is 0 Å². The van der Waals surface area contributed by atoms with Crippen molar-refractivity contribution in [1.29, 1.82) is 0 Å². The molecule has 0 radical (unpaired) electrons. The summed E-state index contributed by atoms with van der Waals surface area (Å²) >= 11 is 0. The Balaban J connectivity index is 1.60. The Kier molecular flexibility index (Phi) is 4.75. The summed E-state index contributed by atoms with van der Waals surface area (Å²) in [5.41, 5.74) is 2.26. The second-order valence-corrected chi connectivity index (χ2v) is 8.23. The van der Waals surface area contributed by atoms with E-state index in [0.717, 1.165) is 24.8 Å². The topological polar surface area (TPSA) is 20.3 Å². The van der Waals surface area contributed by atoms with Crippen molar-refractivity contribution >= 4 is 5.91 Å². The van der Waals surface area contributed by atoms with Crippen LogP contribution >= 0.6 is 0 Å². The van der Waals surface area contributed by atoms with Crippen LogP contribution in [0.25, 0.3) is 11.1 Å². The standard InChI is InChI=1S/C23H25F2NO/c1-16(14-24)22(27)26-15-23(10-11-23)13-19(26)12-18-8-5-9-20(21(18)25)17-6-3-2-4-7-17/h2-9,16,19H,10-15H2,1H3/t16-,19+/m1/s1. The maximum atomic E-state index is 15.2. The fraction of sp³-hybridized carbons (Fsp3) is 0.435. The lowest BCUT2D eigenvalue weighted by molar-refractivity contribution is -0.136. The van der Waals surface area contributed by atoms with Crippen molar-refractivity contribution < 1.29 is 13.6 Å². The molecule has 2 aliphatic rings. The first kappa shape index (κ1) is 18.1. The fourth-order valence-electron chi connectivity index (χ4n) is 4.33. The number of rotatable bonds is 5. The highest BCUT2D eigenvalue weighted by molar-refractivity contribution is 5.79. The Morgan fingerprint density at radius 3 is 2.59 bits per heavy atom. The Morgan fingerprint density at radius 1 is 1.19 bits per heavy atom. The van der Waals surface area contributed by atoms with Gasteiger partial charge in [-0.2, -0.15) is 0 Å². The molecule has 2 aromatic carbocycles. The Labute approximate surface area is 159 Å². The number of halogens is 2. The van der Waals surface area contributed by atoms with Crippen LogP contribution in [-0.4, -0.2) is 30.1 Å². The van der Waals surface area contributed by atoms with Crippen molar-refractivity contribution in [2.75, 3.05) is 13.2 Å². The number of likely N-dealkylation sites (tertiary alicyclic amines) is 1. The van der Waals surface area contributed by atoms with Gasteiger partial charge in [-0.25, -0.2) is 4.39 Å². The van der Waals surface area contributed by atoms with E-state index in [1.165, 1.54) is 0 Å². The number of benzene rings is 2. The number of nitrogens with zero attached hydrogens (tertiary/aromatic N) is 1. The van der Waals surface area contributed by atoms with Crippen LogP contribution in [0.15, 0.2) is 48.5 Å². The summed E-state index contributed by atoms with van der Waals surface area (Å²) in [4.78, 5) is 14.5. The van der Waals surface area contributed by atoms with Crippen LogP contribution in [-0.2, 0) is 11.2 Å². The summed E-state index contributed by atoms with van der Waals surface area (Å²) in [6.45, 7) is 1.68. The summed E-state index contributed by atoms with van der Waals surface area (Å²) < 4.78 is 28.3. The third kappa shape index (κ3) is 3.50. The number of hydrogen-bond donors (Lipinski definition) is 0. The molecule has 142 valence electrons. The molecule has 4 rings (SSSR count). The Morgan fingerprint density at radius 2 is 1.93 bits per heavy atom. The van der Waals surface area contributed by atoms with E-state index in [9.17, 15) is 9.18 Å². The maximum Gasteiger partial charge on any atom is 0.228 e. The molecule has 1 aliphatic heterocycles. The highest BCUT2D eigenvalue weighted by Crippen LogP contribution is 2.55. The molecule has 27 heavy (non-hydrogen) atoms. The molecule has 0 bridgehead atoms. The van der Waals surface area contributed by atoms with Gasteiger partial charge in [-0.05, 0) is 42.2 Å². The van der Waals surface area contributed by atoms with Crippen molar-refractivity contribution in [2.45, 2.75) is 38.6 Å². The van der Waals surface area contributed by atoms with Gasteiger partial charge in [0.15, 0.2) is 0 Å². The maximum absolute atomic E-state index is 15.2. The van der Waals surface area contributed by atoms with E-state index >= 15 is 4.39 Å². The first-order valence-corrected chi connectivity index (χ1v) is 9.72. The van der Waals surface area contributed by atoms with Crippen LogP contribution in [0.5, 0.6) is 0 Å². The second-order valence-electron chi connectivity index (χ2n) is 8.23. The zero-order valence-corrected chi connectivity index (χ0v) is 15.6. The van der Waals surface area contributed by atoms with E-state index in [0.29, 0.717) is 24.1 Å². The molecular weight excluding hydrogens is 344 g/mol. The predicted molar refractivity (Wildman–Crippen MR) is 102 cm³/mol. The summed E-state index contributed by atoms with van der Waals surface area (Å²) in [6.07, 6.45) is 3.61. The van der Waals surface area contributed by atoms with E-state index in [4.69, 9.17) is 0 Å². The largest absolute Gasteiger partial charge is 0.338 e. The number of carbonyl (C=O) groups excluding carboxylic acids is 1. The van der Waals surface area contributed by atoms with Gasteiger partial charge in [-0.1, -0.05) is 55.5 Å². The van der Waals surface area contributed by atoms with Crippen LogP contribution in [0.1, 0.15) is 31.7 Å². The Hall–Kier alpha value is -2.23. The van der Waals surface area contributed by atoms with E-state index in [-0.39, 0.29) is 23.2 Å². The first-order chi connectivity index (χ1) is 13.0. The predicted octanol–water partition coefficient (Wildman–Crippen LogP) is 5.02. The molecule has 2 aromatic rings. The van der Waals surface area contributed by atoms with E-state index in [1.54, 1.807) is 19.1 Å². The fourth-order valence-corrected chi connectivity index (χ4v) is 4.33. The van der Waals surface area contributed by atoms with Crippen molar-refractivity contribution in [2.24, 2.45) is 11.3 Å². The van der Waals surface area contributed by atoms with E-state index in [1.807, 2.05) is 41.3 Å². The van der Waals surface area contributed by atoms with Crippen LogP contribution in [0.2, 0.25) is 0 Å². The van der Waals surface area contributed by atoms with Crippen molar-refractivity contribution in [1.82, 2.24) is 4.90 Å². The number of alkyl halides is 1. The lowest BCUT2D eigenvalue weighted by Gasteiger charge is -2.27. The highest BCUT2D eigenvalue weighted by atomic mass is 19.1. The van der Waals surface area contributed by atoms with Crippen LogP contribution in [0, 0.1) is 17.2 Å². The quantitative estimate of drug-likeness (QED) is 0.724. The SMILES string of the molecule is C[C@H](CF)C(=O)N1CC2(CC2)C[C@@H]1Cc1cccc(-c2ccccc2)c1F. The monoisotopic (exact) mass is 369 g/mol. The Bertz CT molecular complexity index is 832. The van der Waals surface area contributed by atoms with Gasteiger partial charge in [0.25, 0.3) is 0 Å². The number of carbonyl (C=O) groups is 1. The minimum absolute atomic E-state index is 0.0467. The first-order valence-electron chi connectivity index (χ1n) is 9.72. The van der Waals surface area contributed by atoms with Crippen LogP contribution < -0.4 is 0 Å². The van der Waals surface area contributed by atoms with Crippen LogP contribution in [0.3, 0.4) is 0 Å². The molecule has 1 saturated carbocycles. The molecule has 2 fully saturated rings. The van der Waals surface area contributed by atoms with Crippen molar-refractivity contribution in [3.8, 4) is 11.1 Å². The summed E-state index contributed by atoms with van der Waals surface area (Å²) in [5.74, 6) is -0.973. The van der Waals surface area contributed by atoms with Gasteiger partial charge in [0, 0.05) is 18.2 Å². The summed E-state index contributed by atoms with van der Waals surface area (Å²) in [6, 6.07) is 14.9. The van der Waals surface area contributed by atoms with Gasteiger partial charge in [-0.3, -0.25) is 9.18 Å². The molecule has 2 nitrogen and oxygen atoms in total. The minimum Gasteiger partial charge on any atom is -0.338 e. The molecule has 0 N–H and O–H groups in total. The molecule has 1 heterocycles. The van der Waals surface area contributed by atoms with Gasteiger partial charge < -0.3 is 4.90 Å². The van der Waals surface area contributed by atoms with Gasteiger partial charge in [0.1, 0.15) is 12.5 Å². The van der Waals surface area contributed by atoms with Gasteiger partial charge in [0.2, 0.25) is 5.91 Å². The average Bonchev–Trinajstić information content (AvgIpc) is 3.35. The molecule has 1 amide bonds. The molecule has 1 aliphatic carbocycles. The zero-order valence-electron chi connectivity index (χ0n) is 15.6. The van der Waals surface area contributed by atoms with E-state index < -0.39 is 12.6 Å². The molecule has 0 unspecified atom stereocenters. The molecular formula is C23H25F2NO. The van der Waals surface area contributed by atoms with Crippen LogP contribution in [0.4, 0.5) is 8.78 Å². The summed E-state index contributed by atoms with van der Waals surface area (Å²) in [7, 11) is 0. The molecule has 2 atom stereocenters. The highest BCUT2D eigenvalue weighted by Gasteiger charge is 2.53.